The summed E-state index contributed by atoms with van der Waals surface area (Å²) in [4.78, 5) is 22.0. The molecule has 4 atom stereocenters. The van der Waals surface area contributed by atoms with E-state index in [4.69, 9.17) is 10.5 Å². The average molecular weight is 281 g/mol. The van der Waals surface area contributed by atoms with E-state index in [2.05, 4.69) is 15.0 Å². The lowest BCUT2D eigenvalue weighted by Gasteiger charge is -2.16. The Morgan fingerprint density at radius 2 is 2.35 bits per heavy atom. The van der Waals surface area contributed by atoms with Gasteiger partial charge < -0.3 is 20.7 Å². The Balaban J connectivity index is 2.09. The molecule has 1 unspecified atom stereocenters. The van der Waals surface area contributed by atoms with Gasteiger partial charge in [0, 0.05) is 5.92 Å². The highest BCUT2D eigenvalue weighted by Gasteiger charge is 2.42. The van der Waals surface area contributed by atoms with Crippen LogP contribution in [0.1, 0.15) is 13.2 Å². The zero-order valence-corrected chi connectivity index (χ0v) is 10.7. The van der Waals surface area contributed by atoms with Crippen molar-refractivity contribution in [3.05, 3.63) is 16.7 Å². The summed E-state index contributed by atoms with van der Waals surface area (Å²) in [7, 11) is 0. The maximum atomic E-state index is 11.7. The number of imidazole rings is 1. The lowest BCUT2D eigenvalue weighted by Crippen LogP contribution is -2.25. The Kier molecular flexibility index (Phi) is 2.96. The molecule has 1 fully saturated rings. The summed E-state index contributed by atoms with van der Waals surface area (Å²) in [5, 5.41) is 19.4. The predicted octanol–water partition coefficient (Wildman–Crippen LogP) is -1.41. The van der Waals surface area contributed by atoms with Crippen molar-refractivity contribution in [2.24, 2.45) is 5.92 Å². The van der Waals surface area contributed by atoms with Gasteiger partial charge in [-0.1, -0.05) is 6.92 Å². The van der Waals surface area contributed by atoms with Gasteiger partial charge in [0.1, 0.15) is 6.10 Å². The fraction of sp³-hybridized carbons (Fsp3) is 0.545. The van der Waals surface area contributed by atoms with Crippen LogP contribution in [0.5, 0.6) is 0 Å². The molecule has 0 spiro atoms. The topological polar surface area (TPSA) is 139 Å². The molecule has 3 rings (SSSR count). The number of aromatic nitrogens is 4. The third kappa shape index (κ3) is 1.79. The molecule has 0 bridgehead atoms. The van der Waals surface area contributed by atoms with Gasteiger partial charge in [-0.25, -0.2) is 4.98 Å². The second kappa shape index (κ2) is 4.54. The number of hydrogen-bond acceptors (Lipinski definition) is 7. The largest absolute Gasteiger partial charge is 0.394 e. The maximum absolute atomic E-state index is 11.7. The molecule has 0 saturated carbocycles. The molecule has 9 nitrogen and oxygen atoms in total. The van der Waals surface area contributed by atoms with Gasteiger partial charge in [-0.2, -0.15) is 4.98 Å². The van der Waals surface area contributed by atoms with Gasteiger partial charge in [-0.15, -0.1) is 0 Å². The monoisotopic (exact) mass is 281 g/mol. The molecule has 0 amide bonds. The van der Waals surface area contributed by atoms with Crippen LogP contribution in [0.15, 0.2) is 11.1 Å². The number of nitrogen functional groups attached to an aromatic ring is 1. The zero-order valence-electron chi connectivity index (χ0n) is 10.7. The Morgan fingerprint density at radius 3 is 3.00 bits per heavy atom. The number of H-pyrrole nitrogens is 1. The van der Waals surface area contributed by atoms with E-state index < -0.39 is 24.0 Å². The molecule has 0 radical (unpaired) electrons. The zero-order chi connectivity index (χ0) is 14.4. The van der Waals surface area contributed by atoms with Gasteiger partial charge in [0.25, 0.3) is 5.56 Å². The molecule has 2 aromatic heterocycles. The SMILES string of the molecule is C[C@@H]1[C@@H](CO)OC(n2cnc3c(=O)[nH]c(N)nc32)[C@@H]1O. The molecule has 3 heterocycles. The summed E-state index contributed by atoms with van der Waals surface area (Å²) in [6, 6.07) is 0. The van der Waals surface area contributed by atoms with Crippen molar-refractivity contribution in [1.29, 1.82) is 0 Å². The van der Waals surface area contributed by atoms with Crippen LogP contribution in [-0.2, 0) is 4.74 Å². The number of nitrogens with one attached hydrogen (secondary N) is 1. The second-order valence-electron chi connectivity index (χ2n) is 4.87. The van der Waals surface area contributed by atoms with Crippen molar-refractivity contribution < 1.29 is 14.9 Å². The smallest absolute Gasteiger partial charge is 0.280 e. The van der Waals surface area contributed by atoms with Crippen molar-refractivity contribution in [2.45, 2.75) is 25.4 Å². The molecule has 20 heavy (non-hydrogen) atoms. The van der Waals surface area contributed by atoms with E-state index in [0.717, 1.165) is 0 Å². The van der Waals surface area contributed by atoms with E-state index in [1.54, 1.807) is 6.92 Å². The lowest BCUT2D eigenvalue weighted by atomic mass is 10.0. The normalized spacial score (nSPS) is 30.1. The number of anilines is 1. The second-order valence-corrected chi connectivity index (χ2v) is 4.87. The maximum Gasteiger partial charge on any atom is 0.280 e. The first-order valence-corrected chi connectivity index (χ1v) is 6.19. The minimum atomic E-state index is -0.841. The molecular formula is C11H15N5O4. The van der Waals surface area contributed by atoms with Crippen LogP contribution < -0.4 is 11.3 Å². The highest BCUT2D eigenvalue weighted by Crippen LogP contribution is 2.34. The van der Waals surface area contributed by atoms with Crippen LogP contribution in [0.3, 0.4) is 0 Å². The van der Waals surface area contributed by atoms with Crippen LogP contribution in [0, 0.1) is 5.92 Å². The number of rotatable bonds is 2. The Labute approximate surface area is 113 Å². The molecule has 0 aromatic carbocycles. The number of ether oxygens (including phenoxy) is 1. The van der Waals surface area contributed by atoms with Crippen molar-refractivity contribution in [3.63, 3.8) is 0 Å². The van der Waals surface area contributed by atoms with Crippen LogP contribution >= 0.6 is 0 Å². The Hall–Kier alpha value is -1.97. The summed E-state index contributed by atoms with van der Waals surface area (Å²) < 4.78 is 7.05. The first-order valence-electron chi connectivity index (χ1n) is 6.19. The molecule has 1 saturated heterocycles. The highest BCUT2D eigenvalue weighted by molar-refractivity contribution is 5.70. The number of hydrogen-bond donors (Lipinski definition) is 4. The summed E-state index contributed by atoms with van der Waals surface area (Å²) in [6.45, 7) is 1.58. The molecule has 5 N–H and O–H groups in total. The fourth-order valence-electron chi connectivity index (χ4n) is 2.43. The van der Waals surface area contributed by atoms with Crippen molar-refractivity contribution in [1.82, 2.24) is 19.5 Å². The molecule has 0 aliphatic carbocycles. The summed E-state index contributed by atoms with van der Waals surface area (Å²) in [6.07, 6.45) is -0.716. The van der Waals surface area contributed by atoms with Gasteiger partial charge >= 0.3 is 0 Å². The third-order valence-corrected chi connectivity index (χ3v) is 3.64. The number of nitrogens with zero attached hydrogens (tertiary/aromatic N) is 3. The number of aliphatic hydroxyl groups excluding tert-OH is 2. The summed E-state index contributed by atoms with van der Waals surface area (Å²) in [5.74, 6) is -0.287. The molecule has 108 valence electrons. The summed E-state index contributed by atoms with van der Waals surface area (Å²) in [5.41, 5.74) is 5.42. The molecule has 9 heteroatoms. The van der Waals surface area contributed by atoms with E-state index in [0.29, 0.717) is 0 Å². The lowest BCUT2D eigenvalue weighted by molar-refractivity contribution is -0.0491. The fourth-order valence-corrected chi connectivity index (χ4v) is 2.43. The third-order valence-electron chi connectivity index (χ3n) is 3.64. The number of fused-ring (bicyclic) bond motifs is 1. The van der Waals surface area contributed by atoms with Crippen LogP contribution in [0.2, 0.25) is 0 Å². The molecule has 1 aliphatic heterocycles. The Bertz CT molecular complexity index is 696. The van der Waals surface area contributed by atoms with E-state index in [1.807, 2.05) is 0 Å². The summed E-state index contributed by atoms with van der Waals surface area (Å²) >= 11 is 0. The standard InChI is InChI=1S/C11H15N5O4/c1-4-5(2-17)20-10(7(4)18)16-3-13-6-8(16)14-11(12)15-9(6)19/h3-5,7,10,17-18H,2H2,1H3,(H3,12,14,15,19)/t4-,5-,7-,10?/m1/s1. The van der Waals surface area contributed by atoms with Crippen molar-refractivity contribution in [3.8, 4) is 0 Å². The van der Waals surface area contributed by atoms with E-state index >= 15 is 0 Å². The average Bonchev–Trinajstić information content (AvgIpc) is 2.93. The minimum absolute atomic E-state index is 0.0384. The van der Waals surface area contributed by atoms with Crippen LogP contribution in [-0.4, -0.2) is 48.5 Å². The van der Waals surface area contributed by atoms with E-state index in [9.17, 15) is 15.0 Å². The van der Waals surface area contributed by atoms with Gasteiger partial charge in [-0.05, 0) is 0 Å². The van der Waals surface area contributed by atoms with Gasteiger partial charge in [0.05, 0.1) is 19.0 Å². The van der Waals surface area contributed by atoms with Crippen molar-refractivity contribution in [2.75, 3.05) is 12.3 Å². The van der Waals surface area contributed by atoms with E-state index in [-0.39, 0.29) is 29.6 Å². The van der Waals surface area contributed by atoms with Crippen molar-refractivity contribution >= 4 is 17.1 Å². The number of aliphatic hydroxyl groups is 2. The molecule has 2 aromatic rings. The van der Waals surface area contributed by atoms with Crippen LogP contribution in [0.4, 0.5) is 5.95 Å². The number of nitrogens with two attached hydrogens (primary N) is 1. The predicted molar refractivity (Wildman–Crippen MR) is 68.7 cm³/mol. The van der Waals surface area contributed by atoms with Gasteiger partial charge in [-0.3, -0.25) is 14.3 Å². The quantitative estimate of drug-likeness (QED) is 0.530. The van der Waals surface area contributed by atoms with Gasteiger partial charge in [0.2, 0.25) is 5.95 Å². The first-order chi connectivity index (χ1) is 9.52. The number of aromatic amines is 1. The van der Waals surface area contributed by atoms with Gasteiger partial charge in [0.15, 0.2) is 17.4 Å². The first kappa shape index (κ1) is 13.0. The Morgan fingerprint density at radius 1 is 1.60 bits per heavy atom. The highest BCUT2D eigenvalue weighted by atomic mass is 16.5. The molecule has 1 aliphatic rings. The van der Waals surface area contributed by atoms with E-state index in [1.165, 1.54) is 10.9 Å². The minimum Gasteiger partial charge on any atom is -0.394 e. The van der Waals surface area contributed by atoms with Crippen LogP contribution in [0.25, 0.3) is 11.2 Å². The molecular weight excluding hydrogens is 266 g/mol.